The van der Waals surface area contributed by atoms with Crippen LogP contribution in [0.4, 0.5) is 8.96 Å². The highest BCUT2D eigenvalue weighted by Crippen LogP contribution is 2.14. The van der Waals surface area contributed by atoms with E-state index in [0.29, 0.717) is 11.3 Å². The molecule has 2 nitrogen and oxygen atoms in total. The van der Waals surface area contributed by atoms with E-state index in [4.69, 9.17) is 4.74 Å². The summed E-state index contributed by atoms with van der Waals surface area (Å²) in [5.74, 6) is 0.592. The lowest BCUT2D eigenvalue weighted by molar-refractivity contribution is -0.161. The van der Waals surface area contributed by atoms with Gasteiger partial charge in [-0.1, -0.05) is 12.1 Å². The van der Waals surface area contributed by atoms with Gasteiger partial charge in [0.05, 0.1) is 13.7 Å². The molecule has 0 heterocycles. The van der Waals surface area contributed by atoms with Crippen molar-refractivity contribution in [3.05, 3.63) is 29.8 Å². The third kappa shape index (κ3) is 2.47. The van der Waals surface area contributed by atoms with Crippen molar-refractivity contribution in [3.63, 3.8) is 0 Å². The Balaban J connectivity index is 2.72. The van der Waals surface area contributed by atoms with E-state index in [2.05, 4.69) is 0 Å². The molecule has 0 spiro atoms. The van der Waals surface area contributed by atoms with E-state index in [1.807, 2.05) is 0 Å². The second-order valence-electron chi connectivity index (χ2n) is 2.31. The van der Waals surface area contributed by atoms with Crippen LogP contribution in [0.1, 0.15) is 5.56 Å². The van der Waals surface area contributed by atoms with Crippen LogP contribution in [-0.4, -0.2) is 12.5 Å². The van der Waals surface area contributed by atoms with Crippen LogP contribution in [0.3, 0.4) is 0 Å². The molecule has 66 valence electrons. The summed E-state index contributed by atoms with van der Waals surface area (Å²) < 4.78 is 28.4. The van der Waals surface area contributed by atoms with E-state index in [1.54, 1.807) is 24.3 Å². The summed E-state index contributed by atoms with van der Waals surface area (Å²) in [5.41, 5.74) is 0.527. The Morgan fingerprint density at radius 3 is 2.75 bits per heavy atom. The van der Waals surface area contributed by atoms with Crippen molar-refractivity contribution in [2.75, 3.05) is 7.11 Å². The Bertz CT molecular complexity index is 253. The van der Waals surface area contributed by atoms with Gasteiger partial charge in [0.1, 0.15) is 5.75 Å². The number of ether oxygens (including phenoxy) is 1. The van der Waals surface area contributed by atoms with Gasteiger partial charge in [-0.05, 0) is 17.7 Å². The molecule has 0 atom stereocenters. The number of methoxy groups -OCH3 is 1. The average molecular weight is 173 g/mol. The lowest BCUT2D eigenvalue weighted by atomic mass is 10.2. The van der Waals surface area contributed by atoms with Crippen LogP contribution in [0, 0.1) is 0 Å². The van der Waals surface area contributed by atoms with E-state index in [1.165, 1.54) is 7.11 Å². The first-order valence-corrected chi connectivity index (χ1v) is 3.44. The van der Waals surface area contributed by atoms with E-state index in [0.717, 1.165) is 0 Å². The van der Waals surface area contributed by atoms with E-state index >= 15 is 0 Å². The molecular formula is C8H9F2NO. The van der Waals surface area contributed by atoms with Gasteiger partial charge in [-0.25, -0.2) is 0 Å². The maximum atomic E-state index is 11.7. The molecule has 0 aliphatic carbocycles. The molecule has 0 saturated heterocycles. The second-order valence-corrected chi connectivity index (χ2v) is 2.31. The Labute approximate surface area is 69.2 Å². The maximum Gasteiger partial charge on any atom is 0.119 e. The summed E-state index contributed by atoms with van der Waals surface area (Å²) in [4.78, 5) is 0. The molecular weight excluding hydrogens is 164 g/mol. The SMILES string of the molecule is COc1cccc(CN(F)F)c1. The number of halogens is 2. The molecule has 0 N–H and O–H groups in total. The van der Waals surface area contributed by atoms with Crippen LogP contribution in [0.2, 0.25) is 0 Å². The fraction of sp³-hybridized carbons (Fsp3) is 0.250. The van der Waals surface area contributed by atoms with E-state index in [-0.39, 0.29) is 6.54 Å². The molecule has 0 aromatic heterocycles. The topological polar surface area (TPSA) is 12.5 Å². The first kappa shape index (κ1) is 8.93. The molecule has 12 heavy (non-hydrogen) atoms. The Morgan fingerprint density at radius 1 is 1.42 bits per heavy atom. The highest BCUT2D eigenvalue weighted by molar-refractivity contribution is 5.28. The summed E-state index contributed by atoms with van der Waals surface area (Å²) in [5, 5.41) is -0.866. The quantitative estimate of drug-likeness (QED) is 0.650. The molecule has 0 radical (unpaired) electrons. The third-order valence-corrected chi connectivity index (χ3v) is 1.44. The van der Waals surface area contributed by atoms with Gasteiger partial charge in [-0.2, -0.15) is 0 Å². The van der Waals surface area contributed by atoms with Gasteiger partial charge >= 0.3 is 0 Å². The van der Waals surface area contributed by atoms with Crippen LogP contribution in [0.5, 0.6) is 5.75 Å². The predicted octanol–water partition coefficient (Wildman–Crippen LogP) is 2.27. The average Bonchev–Trinajstić information content (AvgIpc) is 2.03. The van der Waals surface area contributed by atoms with Crippen molar-refractivity contribution in [2.45, 2.75) is 6.54 Å². The van der Waals surface area contributed by atoms with Gasteiger partial charge in [0.25, 0.3) is 0 Å². The minimum Gasteiger partial charge on any atom is -0.497 e. The summed E-state index contributed by atoms with van der Waals surface area (Å²) in [6.07, 6.45) is 0. The van der Waals surface area contributed by atoms with Crippen molar-refractivity contribution in [1.82, 2.24) is 5.34 Å². The highest BCUT2D eigenvalue weighted by Gasteiger charge is 2.01. The summed E-state index contributed by atoms with van der Waals surface area (Å²) >= 11 is 0. The van der Waals surface area contributed by atoms with Crippen molar-refractivity contribution < 1.29 is 13.7 Å². The van der Waals surface area contributed by atoms with Crippen LogP contribution < -0.4 is 4.74 Å². The zero-order valence-electron chi connectivity index (χ0n) is 6.63. The lowest BCUT2D eigenvalue weighted by Crippen LogP contribution is -2.00. The Morgan fingerprint density at radius 2 is 2.17 bits per heavy atom. The number of hydrogen-bond donors (Lipinski definition) is 0. The minimum atomic E-state index is -0.866. The summed E-state index contributed by atoms with van der Waals surface area (Å²) in [6, 6.07) is 6.59. The highest BCUT2D eigenvalue weighted by atomic mass is 19.4. The Kier molecular flexibility index (Phi) is 2.99. The van der Waals surface area contributed by atoms with Crippen molar-refractivity contribution in [1.29, 1.82) is 0 Å². The molecule has 0 saturated carbocycles. The largest absolute Gasteiger partial charge is 0.497 e. The molecule has 0 bridgehead atoms. The van der Waals surface area contributed by atoms with Gasteiger partial charge in [0.2, 0.25) is 0 Å². The molecule has 1 rings (SSSR count). The number of hydrogen-bond acceptors (Lipinski definition) is 2. The molecule has 1 aromatic rings. The summed E-state index contributed by atoms with van der Waals surface area (Å²) in [7, 11) is 1.50. The van der Waals surface area contributed by atoms with Crippen molar-refractivity contribution in [3.8, 4) is 5.75 Å². The van der Waals surface area contributed by atoms with Crippen molar-refractivity contribution in [2.24, 2.45) is 0 Å². The van der Waals surface area contributed by atoms with Crippen LogP contribution in [-0.2, 0) is 6.54 Å². The first-order chi connectivity index (χ1) is 5.72. The Hall–Kier alpha value is -1.16. The zero-order chi connectivity index (χ0) is 8.97. The van der Waals surface area contributed by atoms with Gasteiger partial charge in [-0.3, -0.25) is 0 Å². The molecule has 4 heteroatoms. The molecule has 0 aliphatic rings. The van der Waals surface area contributed by atoms with Gasteiger partial charge in [-0.15, -0.1) is 8.96 Å². The van der Waals surface area contributed by atoms with Crippen LogP contribution in [0.15, 0.2) is 24.3 Å². The number of nitrogens with zero attached hydrogens (tertiary/aromatic N) is 1. The van der Waals surface area contributed by atoms with Gasteiger partial charge < -0.3 is 4.74 Å². The third-order valence-electron chi connectivity index (χ3n) is 1.44. The summed E-state index contributed by atoms with van der Waals surface area (Å²) in [6.45, 7) is -0.378. The first-order valence-electron chi connectivity index (χ1n) is 3.44. The fourth-order valence-electron chi connectivity index (χ4n) is 0.909. The standard InChI is InChI=1S/C8H9F2NO/c1-12-8-4-2-3-7(5-8)6-11(9)10/h2-5H,6H2,1H3. The molecule has 1 aromatic carbocycles. The zero-order valence-corrected chi connectivity index (χ0v) is 6.63. The fourth-order valence-corrected chi connectivity index (χ4v) is 0.909. The van der Waals surface area contributed by atoms with Crippen LogP contribution >= 0.6 is 0 Å². The second kappa shape index (κ2) is 4.01. The monoisotopic (exact) mass is 173 g/mol. The lowest BCUT2D eigenvalue weighted by Gasteiger charge is -2.03. The normalized spacial score (nSPS) is 10.3. The van der Waals surface area contributed by atoms with E-state index in [9.17, 15) is 8.96 Å². The molecule has 0 amide bonds. The number of rotatable bonds is 3. The molecule has 0 unspecified atom stereocenters. The van der Waals surface area contributed by atoms with Crippen molar-refractivity contribution >= 4 is 0 Å². The van der Waals surface area contributed by atoms with Gasteiger partial charge in [0, 0.05) is 5.34 Å². The molecule has 0 aliphatic heterocycles. The number of benzene rings is 1. The van der Waals surface area contributed by atoms with Crippen LogP contribution in [0.25, 0.3) is 0 Å². The van der Waals surface area contributed by atoms with E-state index < -0.39 is 5.34 Å². The minimum absolute atomic E-state index is 0.378. The smallest absolute Gasteiger partial charge is 0.119 e. The molecule has 0 fully saturated rings. The predicted molar refractivity (Wildman–Crippen MR) is 40.8 cm³/mol. The maximum absolute atomic E-state index is 11.7. The van der Waals surface area contributed by atoms with Gasteiger partial charge in [0.15, 0.2) is 0 Å².